The predicted octanol–water partition coefficient (Wildman–Crippen LogP) is 3.41. The molecule has 3 amide bonds. The van der Waals surface area contributed by atoms with Gasteiger partial charge in [-0.15, -0.1) is 0 Å². The number of thioether (sulfide) groups is 1. The van der Waals surface area contributed by atoms with Crippen molar-refractivity contribution < 1.29 is 18.8 Å². The number of imide groups is 1. The minimum Gasteiger partial charge on any atom is -0.354 e. The van der Waals surface area contributed by atoms with E-state index in [2.05, 4.69) is 5.32 Å². The van der Waals surface area contributed by atoms with Crippen molar-refractivity contribution in [3.63, 3.8) is 0 Å². The lowest BCUT2D eigenvalue weighted by Gasteiger charge is -2.18. The summed E-state index contributed by atoms with van der Waals surface area (Å²) in [5.74, 6) is -1.05. The zero-order chi connectivity index (χ0) is 18.6. The highest BCUT2D eigenvalue weighted by atomic mass is 32.2. The summed E-state index contributed by atoms with van der Waals surface area (Å²) in [5, 5.41) is 2.29. The normalized spacial score (nSPS) is 16.6. The number of nitrogens with one attached hydrogen (secondary N) is 1. The number of carbonyl (C=O) groups is 3. The average molecular weight is 364 g/mol. The molecule has 0 atom stereocenters. The molecule has 0 unspecified atom stereocenters. The van der Waals surface area contributed by atoms with Crippen molar-refractivity contribution in [3.05, 3.63) is 40.6 Å². The van der Waals surface area contributed by atoms with Gasteiger partial charge in [-0.05, 0) is 29.3 Å². The van der Waals surface area contributed by atoms with Crippen molar-refractivity contribution in [2.75, 3.05) is 13.1 Å². The Labute approximate surface area is 150 Å². The van der Waals surface area contributed by atoms with Gasteiger partial charge in [-0.2, -0.15) is 0 Å². The summed E-state index contributed by atoms with van der Waals surface area (Å²) in [4.78, 5) is 37.3. The van der Waals surface area contributed by atoms with Gasteiger partial charge in [0.15, 0.2) is 0 Å². The van der Waals surface area contributed by atoms with Crippen LogP contribution in [0.4, 0.5) is 9.18 Å². The van der Waals surface area contributed by atoms with E-state index in [1.165, 1.54) is 18.2 Å². The molecule has 2 rings (SSSR count). The lowest BCUT2D eigenvalue weighted by Crippen LogP contribution is -2.38. The molecule has 134 valence electrons. The Bertz CT molecular complexity index is 725. The highest BCUT2D eigenvalue weighted by molar-refractivity contribution is 8.18. The molecule has 0 radical (unpaired) electrons. The molecule has 1 aromatic rings. The Balaban J connectivity index is 1.95. The second-order valence-corrected chi connectivity index (χ2v) is 7.94. The van der Waals surface area contributed by atoms with Crippen molar-refractivity contribution in [2.24, 2.45) is 5.41 Å². The maximum Gasteiger partial charge on any atom is 0.293 e. The number of halogens is 1. The molecule has 0 aromatic heterocycles. The number of hydrogen-bond donors (Lipinski definition) is 1. The van der Waals surface area contributed by atoms with E-state index in [-0.39, 0.29) is 34.9 Å². The van der Waals surface area contributed by atoms with Crippen molar-refractivity contribution >= 4 is 34.9 Å². The van der Waals surface area contributed by atoms with E-state index in [0.717, 1.165) is 16.7 Å². The molecule has 0 spiro atoms. The van der Waals surface area contributed by atoms with Crippen molar-refractivity contribution in [3.8, 4) is 0 Å². The fourth-order valence-electron chi connectivity index (χ4n) is 2.28. The lowest BCUT2D eigenvalue weighted by atomic mass is 9.92. The molecular weight excluding hydrogens is 343 g/mol. The summed E-state index contributed by atoms with van der Waals surface area (Å²) in [6, 6.07) is 6.04. The van der Waals surface area contributed by atoms with E-state index >= 15 is 0 Å². The first kappa shape index (κ1) is 19.2. The van der Waals surface area contributed by atoms with Gasteiger partial charge in [0, 0.05) is 25.1 Å². The molecule has 25 heavy (non-hydrogen) atoms. The molecule has 1 aliphatic rings. The fourth-order valence-corrected chi connectivity index (χ4v) is 3.13. The standard InChI is InChI=1S/C18H21FN2O3S/c1-18(2,3)11-15(22)20-8-9-21-16(23)14(25-17(21)24)10-12-6-4-5-7-13(12)19/h4-7,10H,8-9,11H2,1-3H3,(H,20,22)/b14-10-. The molecule has 1 fully saturated rings. The Morgan fingerprint density at radius 1 is 1.28 bits per heavy atom. The number of amides is 3. The molecule has 1 N–H and O–H groups in total. The van der Waals surface area contributed by atoms with E-state index in [0.29, 0.717) is 6.42 Å². The van der Waals surface area contributed by atoms with Crippen molar-refractivity contribution in [1.29, 1.82) is 0 Å². The lowest BCUT2D eigenvalue weighted by molar-refractivity contribution is -0.125. The van der Waals surface area contributed by atoms with Gasteiger partial charge in [0.1, 0.15) is 5.82 Å². The van der Waals surface area contributed by atoms with Crippen LogP contribution in [0.3, 0.4) is 0 Å². The minimum absolute atomic E-state index is 0.0924. The summed E-state index contributed by atoms with van der Waals surface area (Å²) in [6.07, 6.45) is 1.74. The van der Waals surface area contributed by atoms with Gasteiger partial charge in [-0.25, -0.2) is 4.39 Å². The van der Waals surface area contributed by atoms with Gasteiger partial charge in [-0.1, -0.05) is 39.0 Å². The van der Waals surface area contributed by atoms with E-state index < -0.39 is 17.0 Å². The molecule has 0 bridgehead atoms. The van der Waals surface area contributed by atoms with Gasteiger partial charge in [0.25, 0.3) is 11.1 Å². The quantitative estimate of drug-likeness (QED) is 0.813. The fraction of sp³-hybridized carbons (Fsp3) is 0.389. The first-order chi connectivity index (χ1) is 11.7. The molecular formula is C18H21FN2O3S. The predicted molar refractivity (Wildman–Crippen MR) is 96.2 cm³/mol. The Kier molecular flexibility index (Phi) is 6.00. The number of hydrogen-bond acceptors (Lipinski definition) is 4. The first-order valence-electron chi connectivity index (χ1n) is 7.94. The van der Waals surface area contributed by atoms with Crippen LogP contribution in [-0.4, -0.2) is 35.0 Å². The van der Waals surface area contributed by atoms with Crippen molar-refractivity contribution in [2.45, 2.75) is 27.2 Å². The number of benzene rings is 1. The van der Waals surface area contributed by atoms with Crippen molar-refractivity contribution in [1.82, 2.24) is 10.2 Å². The second-order valence-electron chi connectivity index (χ2n) is 6.94. The third-order valence-corrected chi connectivity index (χ3v) is 4.32. The average Bonchev–Trinajstić information content (AvgIpc) is 2.75. The summed E-state index contributed by atoms with van der Waals surface area (Å²) >= 11 is 0.773. The van der Waals surface area contributed by atoms with Crippen LogP contribution in [0.1, 0.15) is 32.8 Å². The highest BCUT2D eigenvalue weighted by Gasteiger charge is 2.34. The maximum absolute atomic E-state index is 13.7. The highest BCUT2D eigenvalue weighted by Crippen LogP contribution is 2.32. The molecule has 1 heterocycles. The molecule has 0 aliphatic carbocycles. The SMILES string of the molecule is CC(C)(C)CC(=O)NCCN1C(=O)S/C(=C\c2ccccc2F)C1=O. The summed E-state index contributed by atoms with van der Waals surface area (Å²) in [5.41, 5.74) is 0.126. The molecule has 1 saturated heterocycles. The topological polar surface area (TPSA) is 66.5 Å². The maximum atomic E-state index is 13.7. The summed E-state index contributed by atoms with van der Waals surface area (Å²) in [7, 11) is 0. The minimum atomic E-state index is -0.469. The van der Waals surface area contributed by atoms with Gasteiger partial charge >= 0.3 is 0 Å². The molecule has 1 aromatic carbocycles. The Hall–Kier alpha value is -2.15. The molecule has 5 nitrogen and oxygen atoms in total. The van der Waals surface area contributed by atoms with E-state index in [1.807, 2.05) is 20.8 Å². The zero-order valence-corrected chi connectivity index (χ0v) is 15.3. The summed E-state index contributed by atoms with van der Waals surface area (Å²) < 4.78 is 13.7. The number of rotatable bonds is 5. The molecule has 7 heteroatoms. The van der Waals surface area contributed by atoms with Crippen LogP contribution in [-0.2, 0) is 9.59 Å². The first-order valence-corrected chi connectivity index (χ1v) is 8.75. The Morgan fingerprint density at radius 3 is 2.60 bits per heavy atom. The third kappa shape index (κ3) is 5.42. The van der Waals surface area contributed by atoms with E-state index in [4.69, 9.17) is 0 Å². The van der Waals surface area contributed by atoms with E-state index in [1.54, 1.807) is 12.1 Å². The van der Waals surface area contributed by atoms with Gasteiger partial charge in [-0.3, -0.25) is 19.3 Å². The largest absolute Gasteiger partial charge is 0.354 e. The van der Waals surface area contributed by atoms with Crippen LogP contribution in [0.25, 0.3) is 6.08 Å². The number of carbonyl (C=O) groups excluding carboxylic acids is 3. The monoisotopic (exact) mass is 364 g/mol. The van der Waals surface area contributed by atoms with Gasteiger partial charge < -0.3 is 5.32 Å². The number of nitrogens with zero attached hydrogens (tertiary/aromatic N) is 1. The van der Waals surface area contributed by atoms with Crippen LogP contribution < -0.4 is 5.32 Å². The smallest absolute Gasteiger partial charge is 0.293 e. The van der Waals surface area contributed by atoms with Gasteiger partial charge in [0.2, 0.25) is 5.91 Å². The van der Waals surface area contributed by atoms with Crippen LogP contribution >= 0.6 is 11.8 Å². The van der Waals surface area contributed by atoms with Crippen LogP contribution in [0.5, 0.6) is 0 Å². The summed E-state index contributed by atoms with van der Waals surface area (Å²) in [6.45, 7) is 6.15. The van der Waals surface area contributed by atoms with Crippen LogP contribution in [0.2, 0.25) is 0 Å². The Morgan fingerprint density at radius 2 is 1.96 bits per heavy atom. The zero-order valence-electron chi connectivity index (χ0n) is 14.5. The molecule has 1 aliphatic heterocycles. The second kappa shape index (κ2) is 7.82. The van der Waals surface area contributed by atoms with E-state index in [9.17, 15) is 18.8 Å². The van der Waals surface area contributed by atoms with Crippen LogP contribution in [0.15, 0.2) is 29.2 Å². The third-order valence-electron chi connectivity index (χ3n) is 3.41. The van der Waals surface area contributed by atoms with Gasteiger partial charge in [0.05, 0.1) is 4.91 Å². The van der Waals surface area contributed by atoms with Crippen LogP contribution in [0, 0.1) is 11.2 Å². The molecule has 0 saturated carbocycles.